The summed E-state index contributed by atoms with van der Waals surface area (Å²) >= 11 is 0. The van der Waals surface area contributed by atoms with Gasteiger partial charge in [-0.2, -0.15) is 5.10 Å². The SMILES string of the molecule is Cc1nn(C)cc1CN(C)C(Cc1ccccc1)C1CCN(C(=O)Cc2ccn(C)c2)CC1. The quantitative estimate of drug-likeness (QED) is 0.530. The monoisotopic (exact) mass is 447 g/mol. The topological polar surface area (TPSA) is 46.3 Å². The first kappa shape index (κ1) is 23.3. The van der Waals surface area contributed by atoms with E-state index in [1.807, 2.05) is 41.8 Å². The fourth-order valence-corrected chi connectivity index (χ4v) is 5.21. The molecule has 1 aromatic carbocycles. The van der Waals surface area contributed by atoms with Gasteiger partial charge in [0.2, 0.25) is 5.91 Å². The number of hydrogen-bond donors (Lipinski definition) is 0. The van der Waals surface area contributed by atoms with E-state index in [0.29, 0.717) is 18.4 Å². The summed E-state index contributed by atoms with van der Waals surface area (Å²) in [4.78, 5) is 17.4. The van der Waals surface area contributed by atoms with E-state index in [0.717, 1.165) is 50.2 Å². The average molecular weight is 448 g/mol. The largest absolute Gasteiger partial charge is 0.357 e. The van der Waals surface area contributed by atoms with E-state index in [9.17, 15) is 4.79 Å². The van der Waals surface area contributed by atoms with Crippen LogP contribution in [0.5, 0.6) is 0 Å². The highest BCUT2D eigenvalue weighted by Crippen LogP contribution is 2.28. The third-order valence-electron chi connectivity index (χ3n) is 7.07. The standard InChI is InChI=1S/C27H37N5O/c1-21-25(20-31(4)28-21)19-30(3)26(16-22-8-6-5-7-9-22)24-11-14-32(15-12-24)27(33)17-23-10-13-29(2)18-23/h5-10,13,18,20,24,26H,11-12,14-17,19H2,1-4H3. The van der Waals surface area contributed by atoms with E-state index in [1.54, 1.807) is 0 Å². The molecule has 3 heterocycles. The summed E-state index contributed by atoms with van der Waals surface area (Å²) in [5, 5.41) is 4.53. The molecule has 0 saturated carbocycles. The summed E-state index contributed by atoms with van der Waals surface area (Å²) in [7, 11) is 6.23. The minimum atomic E-state index is 0.249. The Kier molecular flexibility index (Phi) is 7.33. The van der Waals surface area contributed by atoms with Crippen molar-refractivity contribution in [1.82, 2.24) is 24.1 Å². The molecule has 6 nitrogen and oxygen atoms in total. The highest BCUT2D eigenvalue weighted by atomic mass is 16.2. The lowest BCUT2D eigenvalue weighted by molar-refractivity contribution is -0.132. The van der Waals surface area contributed by atoms with Crippen molar-refractivity contribution >= 4 is 5.91 Å². The van der Waals surface area contributed by atoms with Gasteiger partial charge in [0.25, 0.3) is 0 Å². The van der Waals surface area contributed by atoms with Crippen molar-refractivity contribution in [3.63, 3.8) is 0 Å². The molecule has 1 atom stereocenters. The molecule has 0 bridgehead atoms. The molecule has 0 spiro atoms. The molecular formula is C27H37N5O. The Morgan fingerprint density at radius 3 is 2.42 bits per heavy atom. The zero-order valence-corrected chi connectivity index (χ0v) is 20.4. The number of carbonyl (C=O) groups excluding carboxylic acids is 1. The van der Waals surface area contributed by atoms with Gasteiger partial charge in [-0.3, -0.25) is 14.4 Å². The van der Waals surface area contributed by atoms with Gasteiger partial charge in [-0.1, -0.05) is 30.3 Å². The number of likely N-dealkylation sites (tertiary alicyclic amines) is 1. The van der Waals surface area contributed by atoms with E-state index in [-0.39, 0.29) is 5.91 Å². The molecule has 3 aromatic rings. The predicted molar refractivity (Wildman–Crippen MR) is 132 cm³/mol. The lowest BCUT2D eigenvalue weighted by Gasteiger charge is -2.40. The van der Waals surface area contributed by atoms with Crippen LogP contribution in [0, 0.1) is 12.8 Å². The highest BCUT2D eigenvalue weighted by Gasteiger charge is 2.31. The van der Waals surface area contributed by atoms with Crippen LogP contribution in [0.4, 0.5) is 0 Å². The molecule has 1 fully saturated rings. The second-order valence-electron chi connectivity index (χ2n) is 9.67. The van der Waals surface area contributed by atoms with Gasteiger partial charge in [0, 0.05) is 63.9 Å². The third kappa shape index (κ3) is 5.93. The van der Waals surface area contributed by atoms with Crippen LogP contribution in [-0.2, 0) is 38.3 Å². The van der Waals surface area contributed by atoms with Crippen molar-refractivity contribution in [2.24, 2.45) is 20.0 Å². The molecule has 33 heavy (non-hydrogen) atoms. The number of likely N-dealkylation sites (N-methyl/N-ethyl adjacent to an activating group) is 1. The number of rotatable bonds is 8. The van der Waals surface area contributed by atoms with Gasteiger partial charge < -0.3 is 9.47 Å². The molecule has 1 aliphatic heterocycles. The number of amides is 1. The van der Waals surface area contributed by atoms with Crippen LogP contribution in [0.25, 0.3) is 0 Å². The lowest BCUT2D eigenvalue weighted by Crippen LogP contribution is -2.46. The number of carbonyl (C=O) groups is 1. The van der Waals surface area contributed by atoms with Crippen molar-refractivity contribution in [2.75, 3.05) is 20.1 Å². The molecule has 176 valence electrons. The number of nitrogens with zero attached hydrogens (tertiary/aromatic N) is 5. The van der Waals surface area contributed by atoms with E-state index < -0.39 is 0 Å². The van der Waals surface area contributed by atoms with Crippen molar-refractivity contribution in [3.05, 3.63) is 77.4 Å². The summed E-state index contributed by atoms with van der Waals surface area (Å²) in [6.45, 7) is 4.68. The van der Waals surface area contributed by atoms with Crippen molar-refractivity contribution in [3.8, 4) is 0 Å². The molecule has 6 heteroatoms. The summed E-state index contributed by atoms with van der Waals surface area (Å²) in [5.41, 5.74) is 4.86. The first-order valence-corrected chi connectivity index (χ1v) is 12.0. The first-order valence-electron chi connectivity index (χ1n) is 12.0. The number of benzene rings is 1. The van der Waals surface area contributed by atoms with Crippen LogP contribution in [0.15, 0.2) is 55.0 Å². The van der Waals surface area contributed by atoms with E-state index in [1.165, 1.54) is 11.1 Å². The molecule has 0 N–H and O–H groups in total. The molecule has 0 aliphatic carbocycles. The minimum absolute atomic E-state index is 0.249. The fraction of sp³-hybridized carbons (Fsp3) is 0.481. The first-order chi connectivity index (χ1) is 15.9. The molecule has 2 aromatic heterocycles. The van der Waals surface area contributed by atoms with Gasteiger partial charge in [-0.25, -0.2) is 0 Å². The van der Waals surface area contributed by atoms with Crippen molar-refractivity contribution in [1.29, 1.82) is 0 Å². The maximum atomic E-state index is 12.9. The summed E-state index contributed by atoms with van der Waals surface area (Å²) in [6, 6.07) is 13.3. The molecule has 1 aliphatic rings. The van der Waals surface area contributed by atoms with Crippen molar-refractivity contribution in [2.45, 2.75) is 45.2 Å². The lowest BCUT2D eigenvalue weighted by atomic mass is 9.84. The molecule has 0 radical (unpaired) electrons. The zero-order chi connectivity index (χ0) is 23.4. The van der Waals surface area contributed by atoms with Crippen LogP contribution in [0.3, 0.4) is 0 Å². The predicted octanol–water partition coefficient (Wildman–Crippen LogP) is 3.59. The van der Waals surface area contributed by atoms with Gasteiger partial charge in [0.05, 0.1) is 12.1 Å². The average Bonchev–Trinajstić information content (AvgIpc) is 3.36. The maximum Gasteiger partial charge on any atom is 0.227 e. The second-order valence-corrected chi connectivity index (χ2v) is 9.67. The summed E-state index contributed by atoms with van der Waals surface area (Å²) < 4.78 is 3.91. The van der Waals surface area contributed by atoms with Gasteiger partial charge in [0.15, 0.2) is 0 Å². The van der Waals surface area contributed by atoms with E-state index in [2.05, 4.69) is 65.4 Å². The maximum absolute atomic E-state index is 12.9. The smallest absolute Gasteiger partial charge is 0.227 e. The molecule has 1 amide bonds. The van der Waals surface area contributed by atoms with Crippen LogP contribution in [-0.4, -0.2) is 56.2 Å². The number of aryl methyl sites for hydroxylation is 3. The van der Waals surface area contributed by atoms with Crippen LogP contribution in [0.1, 0.15) is 35.2 Å². The van der Waals surface area contributed by atoms with E-state index >= 15 is 0 Å². The molecule has 4 rings (SSSR count). The Bertz CT molecular complexity index is 1050. The number of piperidine rings is 1. The third-order valence-corrected chi connectivity index (χ3v) is 7.07. The molecule has 1 unspecified atom stereocenters. The Labute approximate surface area is 197 Å². The highest BCUT2D eigenvalue weighted by molar-refractivity contribution is 5.78. The second kappa shape index (κ2) is 10.4. The van der Waals surface area contributed by atoms with Crippen molar-refractivity contribution < 1.29 is 4.79 Å². The van der Waals surface area contributed by atoms with E-state index in [4.69, 9.17) is 0 Å². The molecular weight excluding hydrogens is 410 g/mol. The Morgan fingerprint density at radius 2 is 1.82 bits per heavy atom. The van der Waals surface area contributed by atoms with Crippen LogP contribution >= 0.6 is 0 Å². The molecule has 1 saturated heterocycles. The normalized spacial score (nSPS) is 15.8. The van der Waals surface area contributed by atoms with Gasteiger partial charge in [-0.05, 0) is 56.3 Å². The van der Waals surface area contributed by atoms with Crippen LogP contribution < -0.4 is 0 Å². The number of hydrogen-bond acceptors (Lipinski definition) is 3. The fourth-order valence-electron chi connectivity index (χ4n) is 5.21. The zero-order valence-electron chi connectivity index (χ0n) is 20.4. The summed E-state index contributed by atoms with van der Waals surface area (Å²) in [5.74, 6) is 0.812. The minimum Gasteiger partial charge on any atom is -0.357 e. The van der Waals surface area contributed by atoms with Crippen LogP contribution in [0.2, 0.25) is 0 Å². The summed E-state index contributed by atoms with van der Waals surface area (Å²) in [6.07, 6.45) is 9.80. The Balaban J connectivity index is 1.42. The van der Waals surface area contributed by atoms with Gasteiger partial charge >= 0.3 is 0 Å². The van der Waals surface area contributed by atoms with Gasteiger partial charge in [0.1, 0.15) is 0 Å². The number of aromatic nitrogens is 3. The van der Waals surface area contributed by atoms with Gasteiger partial charge in [-0.15, -0.1) is 0 Å². The Hall–Kier alpha value is -2.86. The Morgan fingerprint density at radius 1 is 1.09 bits per heavy atom.